The van der Waals surface area contributed by atoms with Crippen LogP contribution in [0, 0.1) is 0 Å². The van der Waals surface area contributed by atoms with Gasteiger partial charge in [-0.15, -0.1) is 0 Å². The van der Waals surface area contributed by atoms with Crippen LogP contribution in [-0.2, 0) is 10.4 Å². The first-order valence-electron chi connectivity index (χ1n) is 8.06. The third kappa shape index (κ3) is 3.23. The van der Waals surface area contributed by atoms with Crippen molar-refractivity contribution in [2.24, 2.45) is 0 Å². The van der Waals surface area contributed by atoms with Crippen molar-refractivity contribution in [3.8, 4) is 0 Å². The summed E-state index contributed by atoms with van der Waals surface area (Å²) in [5.74, 6) is 0. The lowest BCUT2D eigenvalue weighted by Gasteiger charge is -2.27. The summed E-state index contributed by atoms with van der Waals surface area (Å²) < 4.78 is 0. The molecule has 0 aliphatic carbocycles. The molecule has 1 heterocycles. The van der Waals surface area contributed by atoms with E-state index in [9.17, 15) is 0 Å². The van der Waals surface area contributed by atoms with Gasteiger partial charge in [-0.25, -0.2) is 0 Å². The largest absolute Gasteiger partial charge is 0.323 e. The van der Waals surface area contributed by atoms with E-state index in [2.05, 4.69) is 95.9 Å². The number of para-hydroxylation sites is 2. The lowest BCUT2D eigenvalue weighted by Crippen LogP contribution is -2.27. The summed E-state index contributed by atoms with van der Waals surface area (Å²) in [5, 5.41) is 0.398. The number of benzene rings is 3. The smallest absolute Gasteiger partial charge is 0.267 e. The number of hydrogen-bond acceptors (Lipinski definition) is 2. The van der Waals surface area contributed by atoms with Crippen molar-refractivity contribution in [1.29, 1.82) is 0 Å². The Bertz CT molecular complexity index is 777. The molecule has 24 heavy (non-hydrogen) atoms. The van der Waals surface area contributed by atoms with Gasteiger partial charge in [-0.3, -0.25) is 0 Å². The van der Waals surface area contributed by atoms with Gasteiger partial charge in [0.25, 0.3) is 10.4 Å². The molecule has 0 aromatic heterocycles. The molecule has 1 aliphatic heterocycles. The molecule has 0 spiro atoms. The van der Waals surface area contributed by atoms with Gasteiger partial charge in [-0.2, -0.15) is 0 Å². The second-order valence-electron chi connectivity index (χ2n) is 5.67. The van der Waals surface area contributed by atoms with Gasteiger partial charge in [-0.1, -0.05) is 54.6 Å². The monoisotopic (exact) mass is 348 g/mol. The molecule has 0 saturated carbocycles. The highest BCUT2D eigenvalue weighted by molar-refractivity contribution is 8.66. The average Bonchev–Trinajstić information content (AvgIpc) is 3.14. The first-order valence-corrected chi connectivity index (χ1v) is 10.3. The summed E-state index contributed by atoms with van der Waals surface area (Å²) in [6.07, 6.45) is 1.06. The van der Waals surface area contributed by atoms with Crippen molar-refractivity contribution >= 4 is 37.4 Å². The molecule has 0 radical (unpaired) electrons. The maximum absolute atomic E-state index is 2.45. The van der Waals surface area contributed by atoms with Crippen LogP contribution in [-0.4, -0.2) is 10.2 Å². The van der Waals surface area contributed by atoms with Crippen molar-refractivity contribution in [2.45, 2.75) is 11.8 Å². The fourth-order valence-corrected chi connectivity index (χ4v) is 5.92. The quantitative estimate of drug-likeness (QED) is 0.348. The Morgan fingerprint density at radius 1 is 0.708 bits per heavy atom. The first kappa shape index (κ1) is 15.4. The van der Waals surface area contributed by atoms with Crippen LogP contribution < -0.4 is 4.90 Å². The first-order chi connectivity index (χ1) is 11.9. The minimum absolute atomic E-state index is 0.398. The van der Waals surface area contributed by atoms with Crippen LogP contribution in [0.15, 0.2) is 91.0 Å². The van der Waals surface area contributed by atoms with E-state index >= 15 is 0 Å². The predicted molar refractivity (Wildman–Crippen MR) is 109 cm³/mol. The van der Waals surface area contributed by atoms with Crippen molar-refractivity contribution in [3.63, 3.8) is 0 Å². The van der Waals surface area contributed by atoms with Gasteiger partial charge in [0.15, 0.2) is 0 Å². The highest BCUT2D eigenvalue weighted by atomic mass is 33.1. The van der Waals surface area contributed by atoms with Crippen molar-refractivity contribution in [1.82, 2.24) is 0 Å². The Hall–Kier alpha value is -2.10. The van der Waals surface area contributed by atoms with Gasteiger partial charge in [0.05, 0.1) is 6.42 Å². The van der Waals surface area contributed by atoms with Crippen molar-refractivity contribution in [3.05, 3.63) is 96.6 Å². The molecule has 4 rings (SSSR count). The van der Waals surface area contributed by atoms with Crippen LogP contribution in [0.4, 0.5) is 11.4 Å². The molecule has 0 fully saturated rings. The molecular weight excluding hydrogens is 330 g/mol. The van der Waals surface area contributed by atoms with E-state index in [1.165, 1.54) is 21.8 Å². The zero-order valence-electron chi connectivity index (χ0n) is 13.2. The predicted octanol–water partition coefficient (Wildman–Crippen LogP) is 5.51. The lowest BCUT2D eigenvalue weighted by molar-refractivity contribution is 0.916. The Kier molecular flexibility index (Phi) is 4.63. The van der Waals surface area contributed by atoms with Gasteiger partial charge in [-0.05, 0) is 36.4 Å². The summed E-state index contributed by atoms with van der Waals surface area (Å²) in [7, 11) is 3.86. The van der Waals surface area contributed by atoms with Gasteiger partial charge in [0.2, 0.25) is 15.7 Å². The molecule has 1 nitrogen and oxygen atoms in total. The summed E-state index contributed by atoms with van der Waals surface area (Å²) in [6.45, 7) is 0. The third-order valence-electron chi connectivity index (χ3n) is 4.07. The third-order valence-corrected chi connectivity index (χ3v) is 6.93. The fraction of sp³-hybridized carbons (Fsp3) is 0.0952. The normalized spacial score (nSPS) is 16.7. The summed E-state index contributed by atoms with van der Waals surface area (Å²) in [5.41, 5.74) is 3.84. The molecule has 3 aromatic rings. The molecule has 1 unspecified atom stereocenters. The Morgan fingerprint density at radius 2 is 1.21 bits per heavy atom. The molecular formula is C21H18NS2+. The van der Waals surface area contributed by atoms with E-state index in [1.54, 1.807) is 0 Å². The highest BCUT2D eigenvalue weighted by Gasteiger charge is 2.37. The minimum Gasteiger partial charge on any atom is -0.323 e. The maximum atomic E-state index is 2.45. The van der Waals surface area contributed by atoms with Crippen LogP contribution in [0.5, 0.6) is 0 Å². The number of rotatable bonds is 4. The fourth-order valence-electron chi connectivity index (χ4n) is 2.92. The van der Waals surface area contributed by atoms with E-state index in [-0.39, 0.29) is 0 Å². The van der Waals surface area contributed by atoms with Crippen LogP contribution in [0.3, 0.4) is 0 Å². The molecule has 0 N–H and O–H groups in total. The molecule has 0 bridgehead atoms. The maximum Gasteiger partial charge on any atom is 0.267 e. The molecule has 3 aromatic carbocycles. The highest BCUT2D eigenvalue weighted by Crippen LogP contribution is 2.37. The Balaban J connectivity index is 1.64. The van der Waals surface area contributed by atoms with Crippen LogP contribution in [0.25, 0.3) is 0 Å². The SMILES string of the molecule is c1ccc(C2=[S+]SC(N(c3ccccc3)c3ccccc3)C2)cc1. The molecule has 3 heteroatoms. The van der Waals surface area contributed by atoms with E-state index < -0.39 is 0 Å². The van der Waals surface area contributed by atoms with E-state index in [0.717, 1.165) is 6.42 Å². The Morgan fingerprint density at radius 3 is 1.75 bits per heavy atom. The minimum atomic E-state index is 0.398. The molecule has 1 aliphatic rings. The molecule has 0 saturated heterocycles. The van der Waals surface area contributed by atoms with Gasteiger partial charge in [0, 0.05) is 16.9 Å². The molecule has 118 valence electrons. The number of anilines is 2. The number of hydrogen-bond donors (Lipinski definition) is 0. The van der Waals surface area contributed by atoms with Gasteiger partial charge >= 0.3 is 0 Å². The van der Waals surface area contributed by atoms with Crippen LogP contribution in [0.1, 0.15) is 12.0 Å². The van der Waals surface area contributed by atoms with Crippen molar-refractivity contribution < 1.29 is 0 Å². The van der Waals surface area contributed by atoms with E-state index in [4.69, 9.17) is 0 Å². The Labute approximate surface area is 150 Å². The molecule has 1 atom stereocenters. The number of nitrogens with zero attached hydrogens (tertiary/aromatic N) is 1. The second-order valence-corrected chi connectivity index (χ2v) is 8.14. The second kappa shape index (κ2) is 7.20. The van der Waals surface area contributed by atoms with E-state index in [0.29, 0.717) is 5.37 Å². The average molecular weight is 349 g/mol. The summed E-state index contributed by atoms with van der Waals surface area (Å²) in [4.78, 5) is 3.91. The zero-order chi connectivity index (χ0) is 16.2. The van der Waals surface area contributed by atoms with Crippen LogP contribution >= 0.6 is 10.8 Å². The standard InChI is InChI=1S/C21H18NS2/c1-4-10-17(11-5-1)20-16-21(24-23-20)22(18-12-6-2-7-13-18)19-14-8-3-9-15-19/h1-15,21H,16H2/q+1. The van der Waals surface area contributed by atoms with Crippen molar-refractivity contribution in [2.75, 3.05) is 4.90 Å². The summed E-state index contributed by atoms with van der Waals surface area (Å²) >= 11 is 0. The van der Waals surface area contributed by atoms with E-state index in [1.807, 2.05) is 21.2 Å². The topological polar surface area (TPSA) is 3.24 Å². The van der Waals surface area contributed by atoms with Gasteiger partial charge in [0.1, 0.15) is 5.37 Å². The zero-order valence-corrected chi connectivity index (χ0v) is 14.8. The lowest BCUT2D eigenvalue weighted by atomic mass is 10.1. The van der Waals surface area contributed by atoms with Gasteiger partial charge < -0.3 is 4.90 Å². The molecule has 0 amide bonds. The van der Waals surface area contributed by atoms with Crippen LogP contribution in [0.2, 0.25) is 0 Å². The summed E-state index contributed by atoms with van der Waals surface area (Å²) in [6, 6.07) is 32.1.